The molecule has 1 saturated carbocycles. The van der Waals surface area contributed by atoms with E-state index in [0.29, 0.717) is 5.92 Å². The Bertz CT molecular complexity index is 165. The summed E-state index contributed by atoms with van der Waals surface area (Å²) in [5, 5.41) is 17.7. The molecule has 1 aliphatic rings. The Morgan fingerprint density at radius 3 is 3.08 bits per heavy atom. The average molecular weight is 189 g/mol. The van der Waals surface area contributed by atoms with Crippen LogP contribution in [-0.2, 0) is 4.74 Å². The van der Waals surface area contributed by atoms with Crippen molar-refractivity contribution in [1.29, 1.82) is 0 Å². The minimum atomic E-state index is -0.784. The molecule has 1 aliphatic carbocycles. The van der Waals surface area contributed by atoms with E-state index in [1.54, 1.807) is 0 Å². The van der Waals surface area contributed by atoms with E-state index in [0.717, 1.165) is 19.3 Å². The lowest BCUT2D eigenvalue weighted by Crippen LogP contribution is -2.30. The van der Waals surface area contributed by atoms with Gasteiger partial charge >= 0.3 is 0 Å². The highest BCUT2D eigenvalue weighted by Gasteiger charge is 2.22. The molecule has 3 nitrogen and oxygen atoms in total. The molecule has 4 unspecified atom stereocenters. The Balaban J connectivity index is 2.27. The van der Waals surface area contributed by atoms with Crippen LogP contribution in [0.4, 0.5) is 0 Å². The largest absolute Gasteiger partial charge is 0.394 e. The molecule has 0 aromatic heterocycles. The van der Waals surface area contributed by atoms with E-state index >= 15 is 0 Å². The zero-order valence-electron chi connectivity index (χ0n) is 9.15. The van der Waals surface area contributed by atoms with Crippen molar-refractivity contribution in [1.82, 2.24) is 0 Å². The Morgan fingerprint density at radius 1 is 1.62 bits per heavy atom. The zero-order chi connectivity index (χ0) is 10.6. The first-order valence-electron chi connectivity index (χ1n) is 5.54. The lowest BCUT2D eigenvalue weighted by atomic mass is 9.88. The van der Waals surface area contributed by atoms with E-state index < -0.39 is 6.10 Å². The predicted molar refractivity (Wildman–Crippen MR) is 50.5 cm³/mol. The van der Waals surface area contributed by atoms with Gasteiger partial charge in [-0.3, -0.25) is 0 Å². The van der Waals surface area contributed by atoms with E-state index in [1.807, 2.05) is 0 Å². The summed E-state index contributed by atoms with van der Waals surface area (Å²) in [6.45, 7) is 2.03. The Kier molecular flexibility index (Phi) is 4.05. The third-order valence-corrected chi connectivity index (χ3v) is 2.57. The third-order valence-electron chi connectivity index (χ3n) is 2.57. The van der Waals surface area contributed by atoms with E-state index in [-0.39, 0.29) is 25.7 Å². The van der Waals surface area contributed by atoms with Gasteiger partial charge in [0.15, 0.2) is 0 Å². The van der Waals surface area contributed by atoms with Crippen molar-refractivity contribution in [3.63, 3.8) is 0 Å². The van der Waals surface area contributed by atoms with Crippen molar-refractivity contribution in [2.24, 2.45) is 5.92 Å². The van der Waals surface area contributed by atoms with Crippen molar-refractivity contribution in [3.8, 4) is 0 Å². The number of ether oxygens (including phenoxy) is 1. The predicted octanol–water partition coefficient (Wildman–Crippen LogP) is 0.935. The smallest absolute Gasteiger partial charge is 0.100 e. The number of aliphatic hydroxyl groups is 2. The van der Waals surface area contributed by atoms with Gasteiger partial charge in [-0.05, 0) is 18.8 Å². The van der Waals surface area contributed by atoms with Crippen molar-refractivity contribution in [2.45, 2.75) is 44.8 Å². The standard InChI is InChI=1S/C10H20O3/c1-8-4-2-3-5-10(8)13-7-9(12)6-11/h8-12H,2-7H2,1H3/i3D. The van der Waals surface area contributed by atoms with Crippen LogP contribution < -0.4 is 0 Å². The summed E-state index contributed by atoms with van der Waals surface area (Å²) in [5.74, 6) is 0.461. The zero-order valence-corrected chi connectivity index (χ0v) is 8.15. The minimum absolute atomic E-state index is 0.0255. The van der Waals surface area contributed by atoms with Crippen LogP contribution in [0.2, 0.25) is 0 Å². The summed E-state index contributed by atoms with van der Waals surface area (Å²) >= 11 is 0. The van der Waals surface area contributed by atoms with E-state index in [9.17, 15) is 0 Å². The first kappa shape index (κ1) is 9.44. The molecule has 0 amide bonds. The van der Waals surface area contributed by atoms with Crippen LogP contribution in [-0.4, -0.2) is 35.6 Å². The summed E-state index contributed by atoms with van der Waals surface area (Å²) in [4.78, 5) is 0. The second kappa shape index (κ2) is 5.58. The SMILES string of the molecule is [2H]C1CCC(C)C(OCC(O)CO)C1. The molecule has 4 atom stereocenters. The topological polar surface area (TPSA) is 49.7 Å². The minimum Gasteiger partial charge on any atom is -0.394 e. The Labute approximate surface area is 81.1 Å². The van der Waals surface area contributed by atoms with Gasteiger partial charge in [-0.15, -0.1) is 0 Å². The third kappa shape index (κ3) is 3.63. The van der Waals surface area contributed by atoms with Crippen molar-refractivity contribution in [2.75, 3.05) is 13.2 Å². The van der Waals surface area contributed by atoms with Crippen LogP contribution in [0, 0.1) is 5.92 Å². The van der Waals surface area contributed by atoms with Gasteiger partial charge in [0.25, 0.3) is 0 Å². The molecular formula is C10H20O3. The molecule has 2 N–H and O–H groups in total. The summed E-state index contributed by atoms with van der Waals surface area (Å²) in [6.07, 6.45) is 1.99. The lowest BCUT2D eigenvalue weighted by Gasteiger charge is -2.29. The van der Waals surface area contributed by atoms with E-state index in [4.69, 9.17) is 16.3 Å². The molecule has 78 valence electrons. The molecule has 0 bridgehead atoms. The maximum absolute atomic E-state index is 9.12. The fraction of sp³-hybridized carbons (Fsp3) is 1.00. The summed E-state index contributed by atoms with van der Waals surface area (Å²) in [6, 6.07) is 0. The van der Waals surface area contributed by atoms with Crippen molar-refractivity contribution >= 4 is 0 Å². The molecule has 0 aliphatic heterocycles. The number of aliphatic hydroxyl groups excluding tert-OH is 2. The maximum atomic E-state index is 9.12. The highest BCUT2D eigenvalue weighted by Crippen LogP contribution is 2.26. The molecule has 1 fully saturated rings. The molecule has 1 rings (SSSR count). The van der Waals surface area contributed by atoms with Gasteiger partial charge < -0.3 is 14.9 Å². The highest BCUT2D eigenvalue weighted by molar-refractivity contribution is 4.72. The number of hydrogen-bond donors (Lipinski definition) is 2. The lowest BCUT2D eigenvalue weighted by molar-refractivity contribution is -0.0579. The monoisotopic (exact) mass is 189 g/mol. The quantitative estimate of drug-likeness (QED) is 0.692. The molecule has 0 radical (unpaired) electrons. The van der Waals surface area contributed by atoms with Gasteiger partial charge in [0.2, 0.25) is 0 Å². The van der Waals surface area contributed by atoms with Gasteiger partial charge in [0, 0.05) is 1.37 Å². The van der Waals surface area contributed by atoms with Crippen LogP contribution in [0.5, 0.6) is 0 Å². The first-order valence-corrected chi connectivity index (χ1v) is 4.96. The van der Waals surface area contributed by atoms with Gasteiger partial charge in [0.1, 0.15) is 6.10 Å². The van der Waals surface area contributed by atoms with Gasteiger partial charge in [0.05, 0.1) is 19.3 Å². The van der Waals surface area contributed by atoms with Gasteiger partial charge in [-0.25, -0.2) is 0 Å². The summed E-state index contributed by atoms with van der Waals surface area (Å²) in [5.41, 5.74) is 0. The van der Waals surface area contributed by atoms with Gasteiger partial charge in [-0.2, -0.15) is 0 Å². The summed E-state index contributed by atoms with van der Waals surface area (Å²) in [7, 11) is 0. The van der Waals surface area contributed by atoms with Crippen molar-refractivity contribution in [3.05, 3.63) is 0 Å². The molecule has 13 heavy (non-hydrogen) atoms. The Hall–Kier alpha value is -0.120. The second-order valence-electron chi connectivity index (χ2n) is 3.79. The average Bonchev–Trinajstić information content (AvgIpc) is 2.19. The first-order chi connectivity index (χ1) is 6.63. The number of rotatable bonds is 4. The fourth-order valence-corrected chi connectivity index (χ4v) is 1.60. The molecule has 0 saturated heterocycles. The second-order valence-corrected chi connectivity index (χ2v) is 3.79. The van der Waals surface area contributed by atoms with E-state index in [2.05, 4.69) is 6.92 Å². The maximum Gasteiger partial charge on any atom is 0.100 e. The molecular weight excluding hydrogens is 168 g/mol. The fourth-order valence-electron chi connectivity index (χ4n) is 1.60. The molecule has 0 aromatic carbocycles. The van der Waals surface area contributed by atoms with Crippen molar-refractivity contribution < 1.29 is 16.3 Å². The molecule has 0 heterocycles. The van der Waals surface area contributed by atoms with Crippen LogP contribution >= 0.6 is 0 Å². The molecule has 3 heteroatoms. The van der Waals surface area contributed by atoms with Crippen LogP contribution in [0.3, 0.4) is 0 Å². The van der Waals surface area contributed by atoms with Crippen LogP contribution in [0.15, 0.2) is 0 Å². The normalized spacial score (nSPS) is 38.4. The number of hydrogen-bond acceptors (Lipinski definition) is 3. The van der Waals surface area contributed by atoms with Crippen LogP contribution in [0.25, 0.3) is 0 Å². The Morgan fingerprint density at radius 2 is 2.38 bits per heavy atom. The van der Waals surface area contributed by atoms with Crippen LogP contribution in [0.1, 0.15) is 34.0 Å². The van der Waals surface area contributed by atoms with Gasteiger partial charge in [-0.1, -0.05) is 19.7 Å². The molecule has 0 aromatic rings. The summed E-state index contributed by atoms with van der Waals surface area (Å²) < 4.78 is 13.1. The van der Waals surface area contributed by atoms with E-state index in [1.165, 1.54) is 0 Å². The molecule has 0 spiro atoms. The highest BCUT2D eigenvalue weighted by atomic mass is 16.5.